The molecule has 0 saturated carbocycles. The lowest BCUT2D eigenvalue weighted by Gasteiger charge is -2.30. The van der Waals surface area contributed by atoms with Gasteiger partial charge in [0.25, 0.3) is 7.44 Å². The minimum absolute atomic E-state index is 0.00960. The van der Waals surface area contributed by atoms with Gasteiger partial charge in [0.2, 0.25) is 0 Å². The maximum Gasteiger partial charge on any atom is 0.251 e. The van der Waals surface area contributed by atoms with Crippen LogP contribution in [0.5, 0.6) is 0 Å². The van der Waals surface area contributed by atoms with Gasteiger partial charge in [-0.15, -0.1) is 34.8 Å². The Morgan fingerprint density at radius 3 is 2.06 bits per heavy atom. The van der Waals surface area contributed by atoms with Crippen molar-refractivity contribution in [3.63, 3.8) is 0 Å². The third-order valence-corrected chi connectivity index (χ3v) is 5.94. The lowest BCUT2D eigenvalue weighted by atomic mass is 10.3. The molecule has 0 spiro atoms. The van der Waals surface area contributed by atoms with E-state index in [2.05, 4.69) is 5.09 Å². The predicted octanol–water partition coefficient (Wildman–Crippen LogP) is 4.27. The van der Waals surface area contributed by atoms with E-state index in [4.69, 9.17) is 34.8 Å². The number of nitrogens with one attached hydrogen (secondary N) is 1. The topological polar surface area (TPSA) is 32.3 Å². The van der Waals surface area contributed by atoms with Crippen molar-refractivity contribution in [2.24, 2.45) is 0 Å². The van der Waals surface area contributed by atoms with Gasteiger partial charge in [0, 0.05) is 30.5 Å². The molecule has 1 rings (SSSR count). The maximum atomic E-state index is 12.8. The Bertz CT molecular complexity index is 385. The predicted molar refractivity (Wildman–Crippen MR) is 81.4 cm³/mol. The van der Waals surface area contributed by atoms with Crippen molar-refractivity contribution in [3.05, 3.63) is 30.3 Å². The van der Waals surface area contributed by atoms with Gasteiger partial charge in [-0.3, -0.25) is 4.57 Å². The Hall–Kier alpha value is 0.0800. The van der Waals surface area contributed by atoms with Gasteiger partial charge in [0.1, 0.15) is 5.62 Å². The van der Waals surface area contributed by atoms with Crippen molar-refractivity contribution in [3.8, 4) is 0 Å². The zero-order chi connectivity index (χ0) is 13.4. The van der Waals surface area contributed by atoms with Crippen molar-refractivity contribution in [1.82, 2.24) is 4.67 Å². The molecule has 1 N–H and O–H groups in total. The van der Waals surface area contributed by atoms with E-state index in [-0.39, 0.29) is 5.62 Å². The van der Waals surface area contributed by atoms with Crippen LogP contribution in [0.1, 0.15) is 0 Å². The molecule has 0 aliphatic carbocycles. The molecule has 0 amide bonds. The summed E-state index contributed by atoms with van der Waals surface area (Å²) >= 11 is 17.3. The molecule has 1 atom stereocenters. The summed E-state index contributed by atoms with van der Waals surface area (Å²) in [6.45, 7) is 0.968. The third kappa shape index (κ3) is 4.64. The molecule has 0 heterocycles. The second-order valence-corrected chi connectivity index (χ2v) is 7.54. The van der Waals surface area contributed by atoms with E-state index in [0.717, 1.165) is 5.69 Å². The van der Waals surface area contributed by atoms with E-state index in [0.29, 0.717) is 24.8 Å². The summed E-state index contributed by atoms with van der Waals surface area (Å²) in [6.07, 6.45) is 0. The molecular weight excluding hydrogens is 313 g/mol. The molecule has 0 aliphatic rings. The number of hydrogen-bond acceptors (Lipinski definition) is 1. The Kier molecular flexibility index (Phi) is 7.43. The number of halogens is 3. The first-order valence-corrected chi connectivity index (χ1v) is 8.97. The van der Waals surface area contributed by atoms with Crippen molar-refractivity contribution >= 4 is 47.9 Å². The molecule has 0 aromatic heterocycles. The van der Waals surface area contributed by atoms with Gasteiger partial charge < -0.3 is 5.09 Å². The molecule has 18 heavy (non-hydrogen) atoms. The second-order valence-electron chi connectivity index (χ2n) is 3.63. The van der Waals surface area contributed by atoms with Crippen LogP contribution in [-0.2, 0) is 4.57 Å². The molecule has 0 saturated heterocycles. The van der Waals surface area contributed by atoms with Crippen LogP contribution in [0.15, 0.2) is 30.3 Å². The van der Waals surface area contributed by atoms with Gasteiger partial charge in [-0.1, -0.05) is 18.2 Å². The minimum Gasteiger partial charge on any atom is -0.324 e. The number of para-hydroxylation sites is 1. The van der Waals surface area contributed by atoms with E-state index in [1.807, 2.05) is 30.3 Å². The number of rotatable bonds is 8. The van der Waals surface area contributed by atoms with Gasteiger partial charge in [0.15, 0.2) is 0 Å². The molecule has 0 radical (unpaired) electrons. The van der Waals surface area contributed by atoms with Crippen LogP contribution >= 0.6 is 42.2 Å². The van der Waals surface area contributed by atoms with Gasteiger partial charge in [-0.05, 0) is 12.1 Å². The molecule has 0 unspecified atom stereocenters. The zero-order valence-electron chi connectivity index (χ0n) is 9.86. The fourth-order valence-electron chi connectivity index (χ4n) is 1.52. The average molecular weight is 330 g/mol. The van der Waals surface area contributed by atoms with E-state index >= 15 is 0 Å². The molecule has 0 fully saturated rings. The summed E-state index contributed by atoms with van der Waals surface area (Å²) < 4.78 is 14.5. The summed E-state index contributed by atoms with van der Waals surface area (Å²) in [5.41, 5.74) is 0.783. The van der Waals surface area contributed by atoms with Gasteiger partial charge >= 0.3 is 0 Å². The van der Waals surface area contributed by atoms with E-state index < -0.39 is 7.44 Å². The first-order valence-electron chi connectivity index (χ1n) is 5.52. The smallest absolute Gasteiger partial charge is 0.251 e. The molecule has 0 bridgehead atoms. The van der Waals surface area contributed by atoms with Crippen LogP contribution in [0.25, 0.3) is 0 Å². The van der Waals surface area contributed by atoms with E-state index in [1.54, 1.807) is 4.67 Å². The first-order chi connectivity index (χ1) is 8.66. The van der Waals surface area contributed by atoms with E-state index in [9.17, 15) is 4.57 Å². The highest BCUT2D eigenvalue weighted by atomic mass is 35.5. The summed E-state index contributed by atoms with van der Waals surface area (Å²) in [4.78, 5) is 0. The van der Waals surface area contributed by atoms with Gasteiger partial charge in [0.05, 0.1) is 0 Å². The molecule has 3 nitrogen and oxygen atoms in total. The molecular formula is C11H16Cl3N2OP. The van der Waals surface area contributed by atoms with Crippen LogP contribution in [0.2, 0.25) is 0 Å². The lowest BCUT2D eigenvalue weighted by molar-refractivity contribution is 0.453. The van der Waals surface area contributed by atoms with Crippen LogP contribution in [0.4, 0.5) is 5.69 Å². The zero-order valence-corrected chi connectivity index (χ0v) is 13.0. The van der Waals surface area contributed by atoms with Gasteiger partial charge in [-0.2, -0.15) is 0 Å². The maximum absolute atomic E-state index is 12.8. The quantitative estimate of drug-likeness (QED) is 0.571. The number of anilines is 1. The number of benzene rings is 1. The number of nitrogens with zero attached hydrogens (tertiary/aromatic N) is 1. The molecule has 0 aliphatic heterocycles. The highest BCUT2D eigenvalue weighted by Crippen LogP contribution is 2.49. The SMILES string of the molecule is O=[P@](CCl)(Nc1ccccc1)N(CCCl)CCCl. The fourth-order valence-corrected chi connectivity index (χ4v) is 4.55. The fraction of sp³-hybridized carbons (Fsp3) is 0.455. The summed E-state index contributed by atoms with van der Waals surface area (Å²) in [5.74, 6) is 0.766. The molecule has 1 aromatic carbocycles. The standard InChI is InChI=1S/C11H16Cl3N2OP/c12-6-8-16(9-7-13)18(17,10-14)15-11-4-2-1-3-5-11/h1-5H,6-10H2,(H,15,17)/t18-/m1/s1. The van der Waals surface area contributed by atoms with Crippen molar-refractivity contribution in [2.45, 2.75) is 0 Å². The minimum atomic E-state index is -2.89. The Morgan fingerprint density at radius 1 is 1.06 bits per heavy atom. The Labute approximate surface area is 123 Å². The van der Waals surface area contributed by atoms with Crippen LogP contribution in [-0.4, -0.2) is 35.1 Å². The third-order valence-electron chi connectivity index (χ3n) is 2.38. The molecule has 1 aromatic rings. The molecule has 7 heteroatoms. The van der Waals surface area contributed by atoms with Crippen molar-refractivity contribution in [2.75, 3.05) is 35.6 Å². The summed E-state index contributed by atoms with van der Waals surface area (Å²) in [7, 11) is -2.89. The van der Waals surface area contributed by atoms with Crippen LogP contribution < -0.4 is 5.09 Å². The van der Waals surface area contributed by atoms with Crippen LogP contribution in [0, 0.1) is 0 Å². The number of alkyl halides is 3. The normalized spacial score (nSPS) is 14.4. The molecule has 102 valence electrons. The largest absolute Gasteiger partial charge is 0.324 e. The Balaban J connectivity index is 2.85. The number of hydrogen-bond donors (Lipinski definition) is 1. The van der Waals surface area contributed by atoms with Crippen LogP contribution in [0.3, 0.4) is 0 Å². The van der Waals surface area contributed by atoms with E-state index in [1.165, 1.54) is 0 Å². The monoisotopic (exact) mass is 328 g/mol. The summed E-state index contributed by atoms with van der Waals surface area (Å²) in [5, 5.41) is 3.01. The second kappa shape index (κ2) is 8.29. The van der Waals surface area contributed by atoms with Crippen molar-refractivity contribution < 1.29 is 4.57 Å². The van der Waals surface area contributed by atoms with Crippen molar-refractivity contribution in [1.29, 1.82) is 0 Å². The highest BCUT2D eigenvalue weighted by Gasteiger charge is 2.28. The highest BCUT2D eigenvalue weighted by molar-refractivity contribution is 7.64. The first kappa shape index (κ1) is 16.1. The lowest BCUT2D eigenvalue weighted by Crippen LogP contribution is -2.28. The average Bonchev–Trinajstić information content (AvgIpc) is 2.39. The summed E-state index contributed by atoms with van der Waals surface area (Å²) in [6, 6.07) is 9.33. The Morgan fingerprint density at radius 2 is 1.61 bits per heavy atom. The van der Waals surface area contributed by atoms with Gasteiger partial charge in [-0.25, -0.2) is 4.67 Å².